The number of carbonyl (C=O) groups is 1. The molecule has 0 saturated heterocycles. The lowest BCUT2D eigenvalue weighted by atomic mass is 10.2. The van der Waals surface area contributed by atoms with Gasteiger partial charge in [0.2, 0.25) is 5.91 Å². The van der Waals surface area contributed by atoms with Gasteiger partial charge in [-0.1, -0.05) is 17.9 Å². The standard InChI is InChI=1S/C11H12N2O/c1-9(14)13-7-3-5-10-4-2-6-11(12)8-10/h2,4,6,8H,7,12H2,1H3,(H,13,14). The Morgan fingerprint density at radius 3 is 3.00 bits per heavy atom. The van der Waals surface area contributed by atoms with Crippen LogP contribution in [-0.4, -0.2) is 12.5 Å². The number of rotatable bonds is 1. The van der Waals surface area contributed by atoms with Crippen molar-refractivity contribution in [2.45, 2.75) is 6.92 Å². The summed E-state index contributed by atoms with van der Waals surface area (Å²) in [7, 11) is 0. The molecule has 14 heavy (non-hydrogen) atoms. The van der Waals surface area contributed by atoms with E-state index >= 15 is 0 Å². The summed E-state index contributed by atoms with van der Waals surface area (Å²) in [4.78, 5) is 10.5. The van der Waals surface area contributed by atoms with E-state index in [9.17, 15) is 4.79 Å². The van der Waals surface area contributed by atoms with Gasteiger partial charge in [-0.25, -0.2) is 0 Å². The van der Waals surface area contributed by atoms with E-state index in [1.165, 1.54) is 6.92 Å². The minimum atomic E-state index is -0.0770. The second-order valence-corrected chi connectivity index (χ2v) is 2.84. The van der Waals surface area contributed by atoms with Gasteiger partial charge >= 0.3 is 0 Å². The van der Waals surface area contributed by atoms with Gasteiger partial charge in [-0.2, -0.15) is 0 Å². The van der Waals surface area contributed by atoms with E-state index < -0.39 is 0 Å². The molecule has 3 nitrogen and oxygen atoms in total. The molecule has 3 heteroatoms. The molecule has 72 valence electrons. The van der Waals surface area contributed by atoms with Crippen molar-refractivity contribution in [3.8, 4) is 11.8 Å². The molecule has 1 aromatic rings. The van der Waals surface area contributed by atoms with Crippen molar-refractivity contribution in [3.63, 3.8) is 0 Å². The molecule has 0 aromatic heterocycles. The number of benzene rings is 1. The second-order valence-electron chi connectivity index (χ2n) is 2.84. The molecule has 0 atom stereocenters. The van der Waals surface area contributed by atoms with Gasteiger partial charge < -0.3 is 11.1 Å². The molecule has 1 rings (SSSR count). The highest BCUT2D eigenvalue weighted by Gasteiger charge is 1.87. The Hall–Kier alpha value is -1.95. The van der Waals surface area contributed by atoms with Crippen LogP contribution in [0.2, 0.25) is 0 Å². The van der Waals surface area contributed by atoms with Crippen molar-refractivity contribution in [1.82, 2.24) is 5.32 Å². The van der Waals surface area contributed by atoms with E-state index in [1.807, 2.05) is 12.1 Å². The van der Waals surface area contributed by atoms with Crippen LogP contribution in [0.5, 0.6) is 0 Å². The SMILES string of the molecule is CC(=O)NCC#Cc1cccc(N)c1. The van der Waals surface area contributed by atoms with Crippen molar-refractivity contribution in [1.29, 1.82) is 0 Å². The zero-order valence-electron chi connectivity index (χ0n) is 8.00. The Bertz CT molecular complexity index is 388. The highest BCUT2D eigenvalue weighted by molar-refractivity contribution is 5.73. The number of hydrogen-bond donors (Lipinski definition) is 2. The van der Waals surface area contributed by atoms with Gasteiger partial charge in [-0.3, -0.25) is 4.79 Å². The van der Waals surface area contributed by atoms with E-state index in [1.54, 1.807) is 12.1 Å². The summed E-state index contributed by atoms with van der Waals surface area (Å²) in [5.74, 6) is 5.64. The molecule has 0 radical (unpaired) electrons. The molecule has 0 unspecified atom stereocenters. The van der Waals surface area contributed by atoms with Gasteiger partial charge in [-0.15, -0.1) is 0 Å². The average molecular weight is 188 g/mol. The molecule has 1 amide bonds. The number of nitrogens with one attached hydrogen (secondary N) is 1. The smallest absolute Gasteiger partial charge is 0.217 e. The van der Waals surface area contributed by atoms with E-state index in [0.29, 0.717) is 12.2 Å². The molecule has 1 aromatic carbocycles. The van der Waals surface area contributed by atoms with Gasteiger partial charge in [0.25, 0.3) is 0 Å². The van der Waals surface area contributed by atoms with E-state index in [4.69, 9.17) is 5.73 Å². The van der Waals surface area contributed by atoms with E-state index in [-0.39, 0.29) is 5.91 Å². The van der Waals surface area contributed by atoms with Crippen LogP contribution in [0, 0.1) is 11.8 Å². The quantitative estimate of drug-likeness (QED) is 0.505. The molecule has 0 heterocycles. The summed E-state index contributed by atoms with van der Waals surface area (Å²) in [5, 5.41) is 2.59. The van der Waals surface area contributed by atoms with E-state index in [0.717, 1.165) is 5.56 Å². The highest BCUT2D eigenvalue weighted by atomic mass is 16.1. The summed E-state index contributed by atoms with van der Waals surface area (Å²) in [6.07, 6.45) is 0. The van der Waals surface area contributed by atoms with Gasteiger partial charge in [0.1, 0.15) is 0 Å². The highest BCUT2D eigenvalue weighted by Crippen LogP contribution is 2.04. The molecule has 0 bridgehead atoms. The summed E-state index contributed by atoms with van der Waals surface area (Å²) in [6.45, 7) is 1.83. The van der Waals surface area contributed by atoms with Gasteiger partial charge in [-0.05, 0) is 18.2 Å². The summed E-state index contributed by atoms with van der Waals surface area (Å²) in [6, 6.07) is 7.31. The molecule has 0 aliphatic heterocycles. The maximum atomic E-state index is 10.5. The van der Waals surface area contributed by atoms with Gasteiger partial charge in [0.15, 0.2) is 0 Å². The Balaban J connectivity index is 2.55. The first-order chi connectivity index (χ1) is 6.68. The van der Waals surface area contributed by atoms with Gasteiger partial charge in [0, 0.05) is 18.2 Å². The third-order valence-electron chi connectivity index (χ3n) is 1.55. The lowest BCUT2D eigenvalue weighted by molar-refractivity contribution is -0.118. The van der Waals surface area contributed by atoms with Crippen LogP contribution >= 0.6 is 0 Å². The third-order valence-corrected chi connectivity index (χ3v) is 1.55. The third kappa shape index (κ3) is 3.63. The number of anilines is 1. The first-order valence-electron chi connectivity index (χ1n) is 4.27. The topological polar surface area (TPSA) is 55.1 Å². The minimum absolute atomic E-state index is 0.0770. The lowest BCUT2D eigenvalue weighted by Crippen LogP contribution is -2.19. The molecular weight excluding hydrogens is 176 g/mol. The summed E-state index contributed by atoms with van der Waals surface area (Å²) in [5.41, 5.74) is 7.12. The van der Waals surface area contributed by atoms with E-state index in [2.05, 4.69) is 17.2 Å². The Kier molecular flexibility index (Phi) is 3.57. The predicted molar refractivity (Wildman–Crippen MR) is 56.4 cm³/mol. The number of hydrogen-bond acceptors (Lipinski definition) is 2. The fourth-order valence-electron chi connectivity index (χ4n) is 0.931. The largest absolute Gasteiger partial charge is 0.399 e. The Morgan fingerprint density at radius 2 is 2.36 bits per heavy atom. The summed E-state index contributed by atoms with van der Waals surface area (Å²) >= 11 is 0. The van der Waals surface area contributed by atoms with Crippen molar-refractivity contribution < 1.29 is 4.79 Å². The number of amides is 1. The van der Waals surface area contributed by atoms with Crippen molar-refractivity contribution in [3.05, 3.63) is 29.8 Å². The van der Waals surface area contributed by atoms with Crippen LogP contribution in [0.15, 0.2) is 24.3 Å². The lowest BCUT2D eigenvalue weighted by Gasteiger charge is -1.93. The molecular formula is C11H12N2O. The average Bonchev–Trinajstić information content (AvgIpc) is 2.12. The maximum absolute atomic E-state index is 10.5. The van der Waals surface area contributed by atoms with Crippen LogP contribution in [0.25, 0.3) is 0 Å². The van der Waals surface area contributed by atoms with Crippen LogP contribution in [0.4, 0.5) is 5.69 Å². The van der Waals surface area contributed by atoms with Crippen LogP contribution < -0.4 is 11.1 Å². The van der Waals surface area contributed by atoms with Gasteiger partial charge in [0.05, 0.1) is 6.54 Å². The fourth-order valence-corrected chi connectivity index (χ4v) is 0.931. The molecule has 0 saturated carbocycles. The first-order valence-corrected chi connectivity index (χ1v) is 4.27. The molecule has 0 aliphatic rings. The maximum Gasteiger partial charge on any atom is 0.217 e. The summed E-state index contributed by atoms with van der Waals surface area (Å²) < 4.78 is 0. The normalized spacial score (nSPS) is 8.64. The van der Waals surface area contributed by atoms with Crippen molar-refractivity contribution in [2.24, 2.45) is 0 Å². The first kappa shape index (κ1) is 10.1. The van der Waals surface area contributed by atoms with Crippen LogP contribution in [0.1, 0.15) is 12.5 Å². The number of nitrogen functional groups attached to an aromatic ring is 1. The minimum Gasteiger partial charge on any atom is -0.399 e. The fraction of sp³-hybridized carbons (Fsp3) is 0.182. The number of nitrogens with two attached hydrogens (primary N) is 1. The van der Waals surface area contributed by atoms with Crippen molar-refractivity contribution in [2.75, 3.05) is 12.3 Å². The Labute approximate surface area is 83.3 Å². The van der Waals surface area contributed by atoms with Crippen LogP contribution in [0.3, 0.4) is 0 Å². The Morgan fingerprint density at radius 1 is 1.57 bits per heavy atom. The zero-order chi connectivity index (χ0) is 10.4. The zero-order valence-corrected chi connectivity index (χ0v) is 8.00. The monoisotopic (exact) mass is 188 g/mol. The number of carbonyl (C=O) groups excluding carboxylic acids is 1. The second kappa shape index (κ2) is 4.93. The molecule has 0 aliphatic carbocycles. The van der Waals surface area contributed by atoms with Crippen LogP contribution in [-0.2, 0) is 4.79 Å². The molecule has 0 spiro atoms. The molecule has 0 fully saturated rings. The van der Waals surface area contributed by atoms with Crippen molar-refractivity contribution >= 4 is 11.6 Å². The molecule has 3 N–H and O–H groups in total. The predicted octanol–water partition coefficient (Wildman–Crippen LogP) is 0.756.